The van der Waals surface area contributed by atoms with Gasteiger partial charge in [0.1, 0.15) is 18.3 Å². The van der Waals surface area contributed by atoms with Gasteiger partial charge in [0.2, 0.25) is 5.79 Å². The van der Waals surface area contributed by atoms with Gasteiger partial charge in [-0.3, -0.25) is 0 Å². The maximum absolute atomic E-state index is 8.56. The average molecular weight is 285 g/mol. The van der Waals surface area contributed by atoms with Gasteiger partial charge in [0.05, 0.1) is 13.2 Å². The van der Waals surface area contributed by atoms with Gasteiger partial charge in [-0.05, 0) is 33.2 Å². The molecule has 0 aromatic heterocycles. The van der Waals surface area contributed by atoms with Crippen molar-refractivity contribution < 1.29 is 23.7 Å². The van der Waals surface area contributed by atoms with Crippen LogP contribution in [0.5, 0.6) is 0 Å². The summed E-state index contributed by atoms with van der Waals surface area (Å²) < 4.78 is 29.3. The molecule has 0 amide bonds. The lowest BCUT2D eigenvalue weighted by molar-refractivity contribution is -0.274. The number of ether oxygens (including phenoxy) is 5. The van der Waals surface area contributed by atoms with Gasteiger partial charge in [-0.25, -0.2) is 0 Å². The Morgan fingerprint density at radius 2 is 1.90 bits per heavy atom. The maximum atomic E-state index is 8.56. The molecule has 20 heavy (non-hydrogen) atoms. The number of rotatable bonds is 2. The summed E-state index contributed by atoms with van der Waals surface area (Å²) in [5.74, 6) is -2.63. The molecule has 3 aliphatic rings. The fourth-order valence-corrected chi connectivity index (χ4v) is 3.09. The summed E-state index contributed by atoms with van der Waals surface area (Å²) in [7, 11) is 0. The normalized spacial score (nSPS) is 44.5. The number of azide groups is 1. The van der Waals surface area contributed by atoms with E-state index < -0.39 is 23.5 Å². The third-order valence-electron chi connectivity index (χ3n) is 3.63. The molecule has 3 saturated heterocycles. The lowest BCUT2D eigenvalue weighted by atomic mass is 9.97. The molecule has 0 bridgehead atoms. The van der Waals surface area contributed by atoms with E-state index in [2.05, 4.69) is 10.0 Å². The van der Waals surface area contributed by atoms with Crippen molar-refractivity contribution in [3.8, 4) is 0 Å². The number of hydrogen-bond donors (Lipinski definition) is 0. The lowest BCUT2D eigenvalue weighted by Crippen LogP contribution is -2.59. The Balaban J connectivity index is 1.91. The highest BCUT2D eigenvalue weighted by molar-refractivity contribution is 5.04. The van der Waals surface area contributed by atoms with Crippen molar-refractivity contribution in [2.75, 3.05) is 13.2 Å². The molecule has 3 heterocycles. The van der Waals surface area contributed by atoms with Crippen molar-refractivity contribution in [2.45, 2.75) is 63.4 Å². The minimum atomic E-state index is -1.11. The summed E-state index contributed by atoms with van der Waals surface area (Å²) in [5, 5.41) is 3.60. The van der Waals surface area contributed by atoms with Crippen LogP contribution in [-0.4, -0.2) is 48.8 Å². The Hall–Kier alpha value is -0.890. The van der Waals surface area contributed by atoms with Crippen molar-refractivity contribution in [3.63, 3.8) is 0 Å². The van der Waals surface area contributed by atoms with Crippen LogP contribution < -0.4 is 0 Å². The van der Waals surface area contributed by atoms with Crippen LogP contribution in [0.1, 0.15) is 27.7 Å². The Kier molecular flexibility index (Phi) is 3.02. The van der Waals surface area contributed by atoms with Crippen LogP contribution in [0.2, 0.25) is 0 Å². The Bertz CT molecular complexity index is 462. The van der Waals surface area contributed by atoms with Crippen LogP contribution in [0.25, 0.3) is 10.4 Å². The van der Waals surface area contributed by atoms with Gasteiger partial charge in [0, 0.05) is 4.91 Å². The molecular weight excluding hydrogens is 266 g/mol. The molecule has 8 heteroatoms. The number of nitrogens with zero attached hydrogens (tertiary/aromatic N) is 3. The molecule has 0 aromatic rings. The molecule has 4 atom stereocenters. The van der Waals surface area contributed by atoms with Crippen LogP contribution in [0, 0.1) is 0 Å². The molecule has 3 fully saturated rings. The fraction of sp³-hybridized carbons (Fsp3) is 1.00. The van der Waals surface area contributed by atoms with Crippen LogP contribution in [0.3, 0.4) is 0 Å². The van der Waals surface area contributed by atoms with Gasteiger partial charge in [-0.2, -0.15) is 0 Å². The van der Waals surface area contributed by atoms with Gasteiger partial charge >= 0.3 is 0 Å². The fourth-order valence-electron chi connectivity index (χ4n) is 3.09. The molecule has 112 valence electrons. The minimum absolute atomic E-state index is 0.0323. The largest absolute Gasteiger partial charge is 0.344 e. The molecule has 0 saturated carbocycles. The molecule has 0 aliphatic carbocycles. The lowest BCUT2D eigenvalue weighted by Gasteiger charge is -2.39. The number of fused-ring (bicyclic) bond motifs is 3. The standard InChI is InChI=1S/C12H19N3O5/c1-10(2)17-7-5-16-12(6-14-15-13)9(8(7)18-10)19-11(3,4)20-12/h7-9H,5-6H2,1-4H3/t7-,8+,9+,12-/m1/s1. The Morgan fingerprint density at radius 3 is 2.60 bits per heavy atom. The van der Waals surface area contributed by atoms with Crippen molar-refractivity contribution in [3.05, 3.63) is 10.4 Å². The summed E-state index contributed by atoms with van der Waals surface area (Å²) >= 11 is 0. The smallest absolute Gasteiger partial charge is 0.206 e. The highest BCUT2D eigenvalue weighted by atomic mass is 16.9. The first kappa shape index (κ1) is 14.1. The van der Waals surface area contributed by atoms with Crippen molar-refractivity contribution in [1.29, 1.82) is 0 Å². The predicted octanol–water partition coefficient (Wildman–Crippen LogP) is 1.69. The van der Waals surface area contributed by atoms with Crippen LogP contribution >= 0.6 is 0 Å². The van der Waals surface area contributed by atoms with E-state index in [1.54, 1.807) is 13.8 Å². The van der Waals surface area contributed by atoms with E-state index >= 15 is 0 Å². The summed E-state index contributed by atoms with van der Waals surface area (Å²) in [4.78, 5) is 2.78. The molecule has 0 unspecified atom stereocenters. The van der Waals surface area contributed by atoms with Crippen LogP contribution in [0.4, 0.5) is 0 Å². The van der Waals surface area contributed by atoms with E-state index in [0.29, 0.717) is 6.61 Å². The molecule has 3 rings (SSSR count). The molecular formula is C12H19N3O5. The summed E-state index contributed by atoms with van der Waals surface area (Å²) in [6, 6.07) is 0. The van der Waals surface area contributed by atoms with Gasteiger partial charge in [-0.1, -0.05) is 5.11 Å². The maximum Gasteiger partial charge on any atom is 0.206 e. The van der Waals surface area contributed by atoms with Gasteiger partial charge in [0.25, 0.3) is 0 Å². The summed E-state index contributed by atoms with van der Waals surface area (Å²) in [6.45, 7) is 7.63. The van der Waals surface area contributed by atoms with Crippen molar-refractivity contribution >= 4 is 0 Å². The topological polar surface area (TPSA) is 94.9 Å². The van der Waals surface area contributed by atoms with E-state index in [0.717, 1.165) is 0 Å². The second-order valence-corrected chi connectivity index (χ2v) is 6.19. The highest BCUT2D eigenvalue weighted by Crippen LogP contribution is 2.47. The second kappa shape index (κ2) is 4.30. The minimum Gasteiger partial charge on any atom is -0.344 e. The Labute approximate surface area is 116 Å². The highest BCUT2D eigenvalue weighted by Gasteiger charge is 2.64. The van der Waals surface area contributed by atoms with E-state index in [1.807, 2.05) is 13.8 Å². The van der Waals surface area contributed by atoms with Crippen molar-refractivity contribution in [1.82, 2.24) is 0 Å². The zero-order valence-electron chi connectivity index (χ0n) is 12.0. The first-order valence-electron chi connectivity index (χ1n) is 6.65. The monoisotopic (exact) mass is 285 g/mol. The summed E-state index contributed by atoms with van der Waals surface area (Å²) in [6.07, 6.45) is -1.02. The number of hydrogen-bond acceptors (Lipinski definition) is 6. The van der Waals surface area contributed by atoms with Gasteiger partial charge < -0.3 is 23.7 Å². The van der Waals surface area contributed by atoms with E-state index in [9.17, 15) is 0 Å². The third kappa shape index (κ3) is 2.18. The predicted molar refractivity (Wildman–Crippen MR) is 66.6 cm³/mol. The van der Waals surface area contributed by atoms with Crippen molar-refractivity contribution in [2.24, 2.45) is 5.11 Å². The third-order valence-corrected chi connectivity index (χ3v) is 3.63. The Morgan fingerprint density at radius 1 is 1.15 bits per heavy atom. The molecule has 3 aliphatic heterocycles. The molecule has 8 nitrogen and oxygen atoms in total. The van der Waals surface area contributed by atoms with Gasteiger partial charge in [-0.15, -0.1) is 0 Å². The second-order valence-electron chi connectivity index (χ2n) is 6.19. The summed E-state index contributed by atoms with van der Waals surface area (Å²) in [5.41, 5.74) is 8.56. The van der Waals surface area contributed by atoms with Gasteiger partial charge in [0.15, 0.2) is 11.6 Å². The zero-order chi connectivity index (χ0) is 14.6. The van der Waals surface area contributed by atoms with E-state index in [1.165, 1.54) is 0 Å². The van der Waals surface area contributed by atoms with Crippen LogP contribution in [-0.2, 0) is 23.7 Å². The molecule has 0 spiro atoms. The van der Waals surface area contributed by atoms with Crippen LogP contribution in [0.15, 0.2) is 5.11 Å². The first-order chi connectivity index (χ1) is 9.27. The first-order valence-corrected chi connectivity index (χ1v) is 6.65. The molecule has 0 aromatic carbocycles. The average Bonchev–Trinajstić information content (AvgIpc) is 2.78. The van der Waals surface area contributed by atoms with E-state index in [4.69, 9.17) is 29.2 Å². The molecule has 0 N–H and O–H groups in total. The zero-order valence-corrected chi connectivity index (χ0v) is 12.0. The molecule has 0 radical (unpaired) electrons. The van der Waals surface area contributed by atoms with E-state index in [-0.39, 0.29) is 18.8 Å². The SMILES string of the molecule is CC1(C)O[C@H]2[C@@H](CO[C@]3(CN=[N+]=[N-])OC(C)(C)O[C@@H]23)O1. The quantitative estimate of drug-likeness (QED) is 0.437.